The standard InChI is InChI=1S/C34H40ClFN6O2.C32H38ClFN6O3S.CH4/c1-21(24-7-8-24)5-3-6-23-15-28(32(36)29(35)16-23)30-17-26-20-42(34(43)40-33(26)39-30)27-10-9-25-19-41(12-4-11-38-22(2)37)13-14-44-31(25)18-27;1-19(2)5-4-6-21-13-26(30(34)27(33)14-21)28-15-23-16-40(32(41)39-31(23)38-28)25-9-7-22(8-10-25)29-18-44(42,43)17-24(37-29)11-12-36-20(3)35;/h9-10,15-18,20-21,24H,3-8,11-14,19H2,1-2H3,(H2,37,38)(H,39,40,43);7-10,13-16,19,24,29,37H,4-6,11-12,17-18H2,1-3H3,(H2,35,36)(H,38,39,41);1H4/t21-;24-,29-;/m10./s1. The number of nitrogens with one attached hydrogen (secondary N) is 3. The third-order valence-electron chi connectivity index (χ3n) is 16.7. The Morgan fingerprint density at radius 3 is 1.88 bits per heavy atom. The van der Waals surface area contributed by atoms with E-state index in [1.807, 2.05) is 42.5 Å². The predicted molar refractivity (Wildman–Crippen MR) is 356 cm³/mol. The maximum atomic E-state index is 15.3. The number of sulfone groups is 1. The second-order valence-electron chi connectivity index (χ2n) is 24.3. The van der Waals surface area contributed by atoms with Crippen LogP contribution in [0.15, 0.2) is 111 Å². The third-order valence-corrected chi connectivity index (χ3v) is 19.0. The molecule has 11 rings (SSSR count). The SMILES string of the molecule is C.CC(N)=NCCCN1CCOc2cc(-n3cc4cc(-c5cc(CCC[C@@H](C)C6CC6)cc(Cl)c5F)[nH]c4nc3=O)ccc2C1.CC(N)=NCC[C@H]1CS(=O)(=O)C[C@@H](c2ccc(-n3cc4cc(-c5cc(CCCC(C)C)cc(Cl)c5F)[nH]c4nc3=O)cc2)N1. The molecule has 1 saturated heterocycles. The van der Waals surface area contributed by atoms with Gasteiger partial charge in [-0.1, -0.05) is 82.4 Å². The molecule has 4 aromatic heterocycles. The average Bonchev–Trinajstić information content (AvgIpc) is 1.78. The van der Waals surface area contributed by atoms with Crippen LogP contribution in [-0.4, -0.2) is 104 Å². The number of benzene rings is 4. The zero-order valence-electron chi connectivity index (χ0n) is 50.5. The van der Waals surface area contributed by atoms with Crippen molar-refractivity contribution in [1.29, 1.82) is 0 Å². The Kier molecular flexibility index (Phi) is 21.7. The van der Waals surface area contributed by atoms with Crippen molar-refractivity contribution in [2.45, 2.75) is 125 Å². The molecule has 0 bridgehead atoms. The Bertz CT molecular complexity index is 4110. The number of hydrogen-bond acceptors (Lipinski definition) is 11. The number of nitrogens with zero attached hydrogens (tertiary/aromatic N) is 7. The highest BCUT2D eigenvalue weighted by atomic mass is 35.5. The molecule has 474 valence electrons. The van der Waals surface area contributed by atoms with Crippen molar-refractivity contribution in [2.24, 2.45) is 39.2 Å². The molecule has 8 aromatic rings. The molecule has 7 N–H and O–H groups in total. The molecule has 3 aliphatic rings. The van der Waals surface area contributed by atoms with Crippen LogP contribution in [0.2, 0.25) is 10.0 Å². The summed E-state index contributed by atoms with van der Waals surface area (Å²) in [7, 11) is -3.26. The zero-order valence-corrected chi connectivity index (χ0v) is 52.8. The summed E-state index contributed by atoms with van der Waals surface area (Å²) in [5.74, 6) is 3.04. The summed E-state index contributed by atoms with van der Waals surface area (Å²) in [6.45, 7) is 14.3. The molecule has 1 aliphatic carbocycles. The first-order valence-corrected chi connectivity index (χ1v) is 33.0. The van der Waals surface area contributed by atoms with Crippen molar-refractivity contribution in [2.75, 3.05) is 44.3 Å². The molecule has 0 radical (unpaired) electrons. The highest BCUT2D eigenvalue weighted by Crippen LogP contribution is 2.40. The highest BCUT2D eigenvalue weighted by Gasteiger charge is 2.32. The summed E-state index contributed by atoms with van der Waals surface area (Å²) in [5.41, 5.74) is 17.8. The molecule has 1 saturated carbocycles. The number of rotatable bonds is 21. The van der Waals surface area contributed by atoms with Crippen molar-refractivity contribution >= 4 is 66.8 Å². The first kappa shape index (κ1) is 66.2. The maximum Gasteiger partial charge on any atom is 0.354 e. The number of amidine groups is 2. The van der Waals surface area contributed by atoms with Gasteiger partial charge in [0.05, 0.1) is 56.0 Å². The van der Waals surface area contributed by atoms with E-state index in [4.69, 9.17) is 39.4 Å². The summed E-state index contributed by atoms with van der Waals surface area (Å²) in [4.78, 5) is 51.7. The van der Waals surface area contributed by atoms with Gasteiger partial charge in [0, 0.05) is 90.7 Å². The van der Waals surface area contributed by atoms with Crippen LogP contribution in [-0.2, 0) is 29.2 Å². The molecule has 4 aromatic carbocycles. The first-order valence-electron chi connectivity index (χ1n) is 30.4. The Hall–Kier alpha value is -7.23. The van der Waals surface area contributed by atoms with E-state index >= 15 is 8.78 Å². The molecule has 0 spiro atoms. The number of hydrogen-bond donors (Lipinski definition) is 5. The Morgan fingerprint density at radius 2 is 1.30 bits per heavy atom. The van der Waals surface area contributed by atoms with Crippen LogP contribution >= 0.6 is 23.2 Å². The number of nitrogens with two attached hydrogens (primary N) is 2. The quantitative estimate of drug-likeness (QED) is 0.0258. The summed E-state index contributed by atoms with van der Waals surface area (Å²) < 4.78 is 64.7. The van der Waals surface area contributed by atoms with Gasteiger partial charge in [0.15, 0.2) is 21.5 Å². The van der Waals surface area contributed by atoms with E-state index in [2.05, 4.69) is 60.9 Å². The van der Waals surface area contributed by atoms with Crippen LogP contribution in [0.25, 0.3) is 56.0 Å². The molecule has 2 fully saturated rings. The van der Waals surface area contributed by atoms with Crippen molar-refractivity contribution in [1.82, 2.24) is 39.3 Å². The summed E-state index contributed by atoms with van der Waals surface area (Å²) in [6.07, 6.45) is 13.4. The Morgan fingerprint density at radius 1 is 0.742 bits per heavy atom. The van der Waals surface area contributed by atoms with Crippen LogP contribution < -0.4 is 32.9 Å². The zero-order chi connectivity index (χ0) is 62.4. The van der Waals surface area contributed by atoms with E-state index in [0.29, 0.717) is 99.7 Å². The molecular formula is C67H82Cl2F2N12O5S. The number of H-pyrrole nitrogens is 2. The molecular weight excluding hydrogens is 1190 g/mol. The fourth-order valence-corrected chi connectivity index (χ4v) is 14.1. The minimum Gasteiger partial charge on any atom is -0.492 e. The normalized spacial score (nSPS) is 17.4. The Labute approximate surface area is 529 Å². The van der Waals surface area contributed by atoms with Crippen molar-refractivity contribution in [3.63, 3.8) is 0 Å². The second kappa shape index (κ2) is 29.2. The van der Waals surface area contributed by atoms with E-state index in [1.165, 1.54) is 22.0 Å². The van der Waals surface area contributed by atoms with Gasteiger partial charge in [0.2, 0.25) is 0 Å². The van der Waals surface area contributed by atoms with Gasteiger partial charge in [-0.3, -0.25) is 24.0 Å². The van der Waals surface area contributed by atoms with Crippen molar-refractivity contribution in [3.8, 4) is 39.6 Å². The summed E-state index contributed by atoms with van der Waals surface area (Å²) >= 11 is 12.6. The number of aryl methyl sites for hydroxylation is 2. The van der Waals surface area contributed by atoms with Crippen LogP contribution in [0.1, 0.15) is 122 Å². The predicted octanol–water partition coefficient (Wildman–Crippen LogP) is 12.5. The van der Waals surface area contributed by atoms with Crippen LogP contribution in [0.5, 0.6) is 5.75 Å². The average molecular weight is 1280 g/mol. The van der Waals surface area contributed by atoms with E-state index < -0.39 is 32.9 Å². The fourth-order valence-electron chi connectivity index (χ4n) is 11.8. The molecule has 22 heteroatoms. The lowest BCUT2D eigenvalue weighted by molar-refractivity contribution is 0.225. The van der Waals surface area contributed by atoms with E-state index in [1.54, 1.807) is 62.6 Å². The summed E-state index contributed by atoms with van der Waals surface area (Å²) in [6, 6.07) is 23.0. The molecule has 6 heterocycles. The fraction of sp³-hybridized carbons (Fsp3) is 0.433. The van der Waals surface area contributed by atoms with Gasteiger partial charge in [-0.2, -0.15) is 9.97 Å². The minimum atomic E-state index is -3.26. The number of ether oxygens (including phenoxy) is 1. The molecule has 17 nitrogen and oxygen atoms in total. The lowest BCUT2D eigenvalue weighted by Gasteiger charge is -2.31. The maximum absolute atomic E-state index is 15.3. The smallest absolute Gasteiger partial charge is 0.354 e. The van der Waals surface area contributed by atoms with Crippen molar-refractivity contribution < 1.29 is 21.9 Å². The monoisotopic (exact) mass is 1270 g/mol. The molecule has 0 amide bonds. The molecule has 89 heavy (non-hydrogen) atoms. The molecule has 0 unspecified atom stereocenters. The molecule has 3 atom stereocenters. The van der Waals surface area contributed by atoms with Gasteiger partial charge >= 0.3 is 11.4 Å². The van der Waals surface area contributed by atoms with Gasteiger partial charge in [0.1, 0.15) is 23.7 Å². The second-order valence-corrected chi connectivity index (χ2v) is 27.3. The van der Waals surface area contributed by atoms with Gasteiger partial charge in [-0.05, 0) is 154 Å². The first-order chi connectivity index (χ1) is 42.1. The van der Waals surface area contributed by atoms with Crippen molar-refractivity contribution in [3.05, 3.63) is 156 Å². The van der Waals surface area contributed by atoms with E-state index in [-0.39, 0.29) is 41.1 Å². The van der Waals surface area contributed by atoms with Crippen LogP contribution in [0.3, 0.4) is 0 Å². The van der Waals surface area contributed by atoms with E-state index in [0.717, 1.165) is 104 Å². The Balaban J connectivity index is 0.000000209. The highest BCUT2D eigenvalue weighted by molar-refractivity contribution is 7.91. The van der Waals surface area contributed by atoms with E-state index in [9.17, 15) is 18.0 Å². The minimum absolute atomic E-state index is 0. The summed E-state index contributed by atoms with van der Waals surface area (Å²) in [5, 5.41) is 4.90. The number of aromatic nitrogens is 6. The molecule has 2 aliphatic heterocycles. The largest absolute Gasteiger partial charge is 0.492 e. The number of fused-ring (bicyclic) bond motifs is 3. The number of aliphatic imine (C=N–C) groups is 2. The topological polar surface area (TPSA) is 237 Å². The van der Waals surface area contributed by atoms with Gasteiger partial charge < -0.3 is 31.5 Å². The number of halogens is 4. The van der Waals surface area contributed by atoms with Gasteiger partial charge in [-0.15, -0.1) is 0 Å². The van der Waals surface area contributed by atoms with Crippen LogP contribution in [0, 0.1) is 29.4 Å². The van der Waals surface area contributed by atoms with Gasteiger partial charge in [-0.25, -0.2) is 26.8 Å². The third kappa shape index (κ3) is 17.0. The van der Waals surface area contributed by atoms with Crippen LogP contribution in [0.4, 0.5) is 8.78 Å². The van der Waals surface area contributed by atoms with Gasteiger partial charge in [0.25, 0.3) is 0 Å². The lowest BCUT2D eigenvalue weighted by atomic mass is 9.96. The lowest BCUT2D eigenvalue weighted by Crippen LogP contribution is -2.47. The number of aromatic amines is 2.